The van der Waals surface area contributed by atoms with Crippen LogP contribution in [0.4, 0.5) is 0 Å². The van der Waals surface area contributed by atoms with E-state index in [9.17, 15) is 4.79 Å². The molecule has 0 aliphatic rings. The van der Waals surface area contributed by atoms with E-state index < -0.39 is 5.54 Å². The Bertz CT molecular complexity index is 490. The van der Waals surface area contributed by atoms with Gasteiger partial charge in [0.05, 0.1) is 18.2 Å². The molecule has 20 heavy (non-hydrogen) atoms. The molecule has 0 spiro atoms. The molecule has 0 fully saturated rings. The van der Waals surface area contributed by atoms with Gasteiger partial charge in [0.1, 0.15) is 11.3 Å². The third-order valence-corrected chi connectivity index (χ3v) is 3.84. The number of methoxy groups -OCH3 is 1. The fourth-order valence-corrected chi connectivity index (χ4v) is 3.12. The van der Waals surface area contributed by atoms with Crippen LogP contribution in [-0.2, 0) is 16.1 Å². The van der Waals surface area contributed by atoms with Crippen molar-refractivity contribution in [3.05, 3.63) is 26.6 Å². The number of carbonyl (C=O) groups is 1. The molecule has 0 bridgehead atoms. The highest BCUT2D eigenvalue weighted by molar-refractivity contribution is 9.11. The van der Waals surface area contributed by atoms with E-state index in [0.717, 1.165) is 20.3 Å². The van der Waals surface area contributed by atoms with Crippen LogP contribution in [0, 0.1) is 0 Å². The number of carbonyl (C=O) groups excluding carboxylic acids is 1. The SMILES string of the molecule is CCOc1c(Br)cc(Br)cc1CNC(C)(C)C(=O)OC. The Labute approximate surface area is 136 Å². The summed E-state index contributed by atoms with van der Waals surface area (Å²) in [6, 6.07) is 3.90. The summed E-state index contributed by atoms with van der Waals surface area (Å²) < 4.78 is 12.2. The molecule has 0 aromatic heterocycles. The van der Waals surface area contributed by atoms with E-state index in [2.05, 4.69) is 37.2 Å². The van der Waals surface area contributed by atoms with Gasteiger partial charge in [0, 0.05) is 16.6 Å². The summed E-state index contributed by atoms with van der Waals surface area (Å²) >= 11 is 6.94. The number of nitrogens with one attached hydrogen (secondary N) is 1. The van der Waals surface area contributed by atoms with E-state index in [1.54, 1.807) is 13.8 Å². The molecular formula is C14H19Br2NO3. The Morgan fingerprint density at radius 3 is 2.55 bits per heavy atom. The molecule has 1 N–H and O–H groups in total. The van der Waals surface area contributed by atoms with Crippen molar-refractivity contribution in [2.45, 2.75) is 32.9 Å². The van der Waals surface area contributed by atoms with Gasteiger partial charge in [0.25, 0.3) is 0 Å². The molecule has 1 aromatic carbocycles. The summed E-state index contributed by atoms with van der Waals surface area (Å²) in [5.41, 5.74) is 0.206. The molecule has 6 heteroatoms. The third-order valence-electron chi connectivity index (χ3n) is 2.79. The molecule has 0 amide bonds. The van der Waals surface area contributed by atoms with Crippen molar-refractivity contribution in [2.24, 2.45) is 0 Å². The number of esters is 1. The number of benzene rings is 1. The van der Waals surface area contributed by atoms with Crippen LogP contribution in [0.1, 0.15) is 26.3 Å². The lowest BCUT2D eigenvalue weighted by molar-refractivity contribution is -0.147. The summed E-state index contributed by atoms with van der Waals surface area (Å²) in [4.78, 5) is 11.7. The Kier molecular flexibility index (Phi) is 6.48. The number of hydrogen-bond acceptors (Lipinski definition) is 4. The molecule has 4 nitrogen and oxygen atoms in total. The second-order valence-electron chi connectivity index (χ2n) is 4.78. The quantitative estimate of drug-likeness (QED) is 0.729. The van der Waals surface area contributed by atoms with Gasteiger partial charge < -0.3 is 9.47 Å². The lowest BCUT2D eigenvalue weighted by Crippen LogP contribution is -2.47. The number of rotatable bonds is 6. The van der Waals surface area contributed by atoms with Crippen LogP contribution in [0.15, 0.2) is 21.1 Å². The van der Waals surface area contributed by atoms with Crippen molar-refractivity contribution >= 4 is 37.8 Å². The van der Waals surface area contributed by atoms with Crippen molar-refractivity contribution in [3.8, 4) is 5.75 Å². The lowest BCUT2D eigenvalue weighted by Gasteiger charge is -2.24. The van der Waals surface area contributed by atoms with Crippen LogP contribution in [0.5, 0.6) is 5.75 Å². The fraction of sp³-hybridized carbons (Fsp3) is 0.500. The van der Waals surface area contributed by atoms with Crippen LogP contribution in [0.25, 0.3) is 0 Å². The standard InChI is InChI=1S/C14H19Br2NO3/c1-5-20-12-9(6-10(15)7-11(12)16)8-17-14(2,3)13(18)19-4/h6-7,17H,5,8H2,1-4H3. The molecule has 0 saturated heterocycles. The van der Waals surface area contributed by atoms with Gasteiger partial charge >= 0.3 is 5.97 Å². The minimum atomic E-state index is -0.757. The van der Waals surface area contributed by atoms with Gasteiger partial charge in [-0.15, -0.1) is 0 Å². The van der Waals surface area contributed by atoms with Crippen LogP contribution < -0.4 is 10.1 Å². The first-order chi connectivity index (χ1) is 9.31. The van der Waals surface area contributed by atoms with Crippen molar-refractivity contribution < 1.29 is 14.3 Å². The monoisotopic (exact) mass is 407 g/mol. The fourth-order valence-electron chi connectivity index (χ4n) is 1.69. The zero-order valence-electron chi connectivity index (χ0n) is 12.0. The molecule has 0 aliphatic carbocycles. The van der Waals surface area contributed by atoms with E-state index in [0.29, 0.717) is 13.2 Å². The summed E-state index contributed by atoms with van der Waals surface area (Å²) in [7, 11) is 1.38. The van der Waals surface area contributed by atoms with Gasteiger partial charge in [-0.3, -0.25) is 10.1 Å². The minimum Gasteiger partial charge on any atom is -0.492 e. The Balaban J connectivity index is 2.94. The highest BCUT2D eigenvalue weighted by atomic mass is 79.9. The Morgan fingerprint density at radius 1 is 1.35 bits per heavy atom. The molecule has 112 valence electrons. The first kappa shape index (κ1) is 17.5. The van der Waals surface area contributed by atoms with Crippen molar-refractivity contribution in [2.75, 3.05) is 13.7 Å². The van der Waals surface area contributed by atoms with E-state index >= 15 is 0 Å². The largest absolute Gasteiger partial charge is 0.492 e. The molecule has 0 heterocycles. The van der Waals surface area contributed by atoms with E-state index in [4.69, 9.17) is 9.47 Å². The van der Waals surface area contributed by atoms with Crippen LogP contribution in [-0.4, -0.2) is 25.2 Å². The smallest absolute Gasteiger partial charge is 0.325 e. The maximum atomic E-state index is 11.7. The molecule has 0 saturated carbocycles. The normalized spacial score (nSPS) is 11.3. The second kappa shape index (κ2) is 7.43. The van der Waals surface area contributed by atoms with Crippen LogP contribution in [0.2, 0.25) is 0 Å². The maximum absolute atomic E-state index is 11.7. The summed E-state index contributed by atoms with van der Waals surface area (Å²) in [5, 5.41) is 3.18. The average Bonchev–Trinajstić information content (AvgIpc) is 2.38. The van der Waals surface area contributed by atoms with E-state index in [1.165, 1.54) is 7.11 Å². The summed E-state index contributed by atoms with van der Waals surface area (Å²) in [6.07, 6.45) is 0. The molecule has 0 aliphatic heterocycles. The Morgan fingerprint density at radius 2 is 2.00 bits per heavy atom. The molecule has 0 unspecified atom stereocenters. The molecule has 1 aromatic rings. The van der Waals surface area contributed by atoms with Gasteiger partial charge in [-0.25, -0.2) is 0 Å². The number of halogens is 2. The highest BCUT2D eigenvalue weighted by Gasteiger charge is 2.28. The molecule has 0 radical (unpaired) electrons. The van der Waals surface area contributed by atoms with Crippen LogP contribution >= 0.6 is 31.9 Å². The van der Waals surface area contributed by atoms with Crippen LogP contribution in [0.3, 0.4) is 0 Å². The van der Waals surface area contributed by atoms with Gasteiger partial charge in [0.15, 0.2) is 0 Å². The lowest BCUT2D eigenvalue weighted by atomic mass is 10.1. The van der Waals surface area contributed by atoms with Crippen molar-refractivity contribution in [3.63, 3.8) is 0 Å². The van der Waals surface area contributed by atoms with E-state index in [1.807, 2.05) is 19.1 Å². The maximum Gasteiger partial charge on any atom is 0.325 e. The Hall–Kier alpha value is -0.590. The van der Waals surface area contributed by atoms with Gasteiger partial charge in [-0.05, 0) is 48.8 Å². The van der Waals surface area contributed by atoms with Crippen molar-refractivity contribution in [1.82, 2.24) is 5.32 Å². The predicted octanol–water partition coefficient (Wildman–Crippen LogP) is 3.65. The van der Waals surface area contributed by atoms with Gasteiger partial charge in [-0.2, -0.15) is 0 Å². The van der Waals surface area contributed by atoms with Gasteiger partial charge in [-0.1, -0.05) is 15.9 Å². The first-order valence-electron chi connectivity index (χ1n) is 6.26. The highest BCUT2D eigenvalue weighted by Crippen LogP contribution is 2.33. The number of ether oxygens (including phenoxy) is 2. The zero-order chi connectivity index (χ0) is 15.3. The van der Waals surface area contributed by atoms with E-state index in [-0.39, 0.29) is 5.97 Å². The molecule has 0 atom stereocenters. The molecule has 1 rings (SSSR count). The summed E-state index contributed by atoms with van der Waals surface area (Å²) in [5.74, 6) is 0.480. The minimum absolute atomic E-state index is 0.301. The number of hydrogen-bond donors (Lipinski definition) is 1. The second-order valence-corrected chi connectivity index (χ2v) is 6.55. The predicted molar refractivity (Wildman–Crippen MR) is 85.9 cm³/mol. The first-order valence-corrected chi connectivity index (χ1v) is 7.84. The van der Waals surface area contributed by atoms with Crippen molar-refractivity contribution in [1.29, 1.82) is 0 Å². The zero-order valence-corrected chi connectivity index (χ0v) is 15.2. The van der Waals surface area contributed by atoms with Gasteiger partial charge in [0.2, 0.25) is 0 Å². The average molecular weight is 409 g/mol. The summed E-state index contributed by atoms with van der Waals surface area (Å²) in [6.45, 7) is 6.58. The third kappa shape index (κ3) is 4.46. The topological polar surface area (TPSA) is 47.6 Å². The molecular weight excluding hydrogens is 390 g/mol.